The van der Waals surface area contributed by atoms with E-state index < -0.39 is 0 Å². The molecule has 2 aromatic heterocycles. The second-order valence-electron chi connectivity index (χ2n) is 6.17. The molecule has 3 heterocycles. The molecule has 0 spiro atoms. The van der Waals surface area contributed by atoms with E-state index >= 15 is 0 Å². The molecular weight excluding hydrogens is 312 g/mol. The molecule has 0 aliphatic carbocycles. The number of likely N-dealkylation sites (N-methyl/N-ethyl adjacent to an activating group) is 1. The highest BCUT2D eigenvalue weighted by Gasteiger charge is 2.21. The van der Waals surface area contributed by atoms with E-state index in [1.165, 1.54) is 16.8 Å². The van der Waals surface area contributed by atoms with Crippen LogP contribution in [0.1, 0.15) is 11.1 Å². The third-order valence-electron chi connectivity index (χ3n) is 4.53. The highest BCUT2D eigenvalue weighted by Crippen LogP contribution is 2.33. The van der Waals surface area contributed by atoms with Crippen LogP contribution in [0.25, 0.3) is 0 Å². The Balaban J connectivity index is 1.50. The lowest BCUT2D eigenvalue weighted by Gasteiger charge is -2.21. The van der Waals surface area contributed by atoms with E-state index in [-0.39, 0.29) is 0 Å². The van der Waals surface area contributed by atoms with Crippen LogP contribution in [-0.4, -0.2) is 40.3 Å². The lowest BCUT2D eigenvalue weighted by molar-refractivity contribution is 0.804. The molecule has 0 N–H and O–H groups in total. The molecule has 4 rings (SSSR count). The quantitative estimate of drug-likeness (QED) is 0.716. The summed E-state index contributed by atoms with van der Waals surface area (Å²) in [5.41, 5.74) is 3.82. The third kappa shape index (κ3) is 3.28. The number of nitrogens with zero attached hydrogens (tertiary/aromatic N) is 6. The van der Waals surface area contributed by atoms with Crippen molar-refractivity contribution in [1.82, 2.24) is 20.2 Å². The van der Waals surface area contributed by atoms with Gasteiger partial charge in [0, 0.05) is 38.2 Å². The summed E-state index contributed by atoms with van der Waals surface area (Å²) >= 11 is 0. The Bertz CT molecular complexity index is 851. The fourth-order valence-corrected chi connectivity index (χ4v) is 3.10. The van der Waals surface area contributed by atoms with E-state index in [9.17, 15) is 0 Å². The molecule has 6 heteroatoms. The van der Waals surface area contributed by atoms with Crippen LogP contribution in [-0.2, 0) is 12.8 Å². The standard InChI is InChI=1S/C19H20N6/c1-24(12-8-15-6-10-20-11-7-15)19-22-18(14-21-23-19)25-13-9-16-4-2-3-5-17(16)25/h2-7,10-11,14H,8-9,12-13H2,1H3. The average Bonchev–Trinajstić information content (AvgIpc) is 3.11. The molecule has 0 atom stereocenters. The fourth-order valence-electron chi connectivity index (χ4n) is 3.10. The molecule has 25 heavy (non-hydrogen) atoms. The highest BCUT2D eigenvalue weighted by atomic mass is 15.3. The van der Waals surface area contributed by atoms with Crippen LogP contribution in [0.2, 0.25) is 0 Å². The first-order valence-corrected chi connectivity index (χ1v) is 8.46. The van der Waals surface area contributed by atoms with Gasteiger partial charge in [-0.05, 0) is 42.2 Å². The van der Waals surface area contributed by atoms with Gasteiger partial charge in [-0.2, -0.15) is 10.1 Å². The maximum atomic E-state index is 4.73. The lowest BCUT2D eigenvalue weighted by Crippen LogP contribution is -2.24. The minimum atomic E-state index is 0.649. The highest BCUT2D eigenvalue weighted by molar-refractivity contribution is 5.67. The SMILES string of the molecule is CN(CCc1ccncc1)c1nncc(N2CCc3ccccc32)n1. The van der Waals surface area contributed by atoms with Gasteiger partial charge in [-0.15, -0.1) is 5.10 Å². The summed E-state index contributed by atoms with van der Waals surface area (Å²) in [4.78, 5) is 13.0. The Hall–Kier alpha value is -3.02. The van der Waals surface area contributed by atoms with Crippen LogP contribution >= 0.6 is 0 Å². The number of hydrogen-bond donors (Lipinski definition) is 0. The zero-order valence-electron chi connectivity index (χ0n) is 14.2. The molecule has 6 nitrogen and oxygen atoms in total. The van der Waals surface area contributed by atoms with Crippen LogP contribution in [0.4, 0.5) is 17.5 Å². The van der Waals surface area contributed by atoms with Crippen LogP contribution in [0, 0.1) is 0 Å². The Labute approximate surface area is 147 Å². The fraction of sp³-hybridized carbons (Fsp3) is 0.263. The van der Waals surface area contributed by atoms with Gasteiger partial charge in [0.15, 0.2) is 5.82 Å². The number of anilines is 3. The van der Waals surface area contributed by atoms with Gasteiger partial charge in [0.05, 0.1) is 6.20 Å². The van der Waals surface area contributed by atoms with Gasteiger partial charge in [0.25, 0.3) is 0 Å². The van der Waals surface area contributed by atoms with E-state index in [0.29, 0.717) is 5.95 Å². The number of benzene rings is 1. The van der Waals surface area contributed by atoms with Crippen molar-refractivity contribution in [1.29, 1.82) is 0 Å². The maximum absolute atomic E-state index is 4.73. The number of pyridine rings is 1. The summed E-state index contributed by atoms with van der Waals surface area (Å²) in [6.45, 7) is 1.75. The monoisotopic (exact) mass is 332 g/mol. The van der Waals surface area contributed by atoms with Crippen molar-refractivity contribution in [3.8, 4) is 0 Å². The number of para-hydroxylation sites is 1. The van der Waals surface area contributed by atoms with Crippen LogP contribution in [0.15, 0.2) is 55.0 Å². The van der Waals surface area contributed by atoms with Crippen LogP contribution in [0.3, 0.4) is 0 Å². The lowest BCUT2D eigenvalue weighted by atomic mass is 10.2. The minimum Gasteiger partial charge on any atom is -0.342 e. The Morgan fingerprint density at radius 1 is 1.12 bits per heavy atom. The predicted molar refractivity (Wildman–Crippen MR) is 98.2 cm³/mol. The van der Waals surface area contributed by atoms with E-state index in [1.807, 2.05) is 36.5 Å². The van der Waals surface area contributed by atoms with Crippen molar-refractivity contribution >= 4 is 17.5 Å². The van der Waals surface area contributed by atoms with Crippen molar-refractivity contribution in [3.05, 3.63) is 66.1 Å². The average molecular weight is 332 g/mol. The molecule has 1 aliphatic heterocycles. The zero-order valence-corrected chi connectivity index (χ0v) is 14.2. The Kier molecular flexibility index (Phi) is 4.24. The summed E-state index contributed by atoms with van der Waals surface area (Å²) in [5, 5.41) is 8.38. The molecule has 126 valence electrons. The Morgan fingerprint density at radius 3 is 2.84 bits per heavy atom. The molecule has 0 radical (unpaired) electrons. The zero-order chi connectivity index (χ0) is 17.1. The topological polar surface area (TPSA) is 58.0 Å². The largest absolute Gasteiger partial charge is 0.342 e. The number of aromatic nitrogens is 4. The minimum absolute atomic E-state index is 0.649. The number of hydrogen-bond acceptors (Lipinski definition) is 6. The normalized spacial score (nSPS) is 12.9. The molecule has 0 saturated heterocycles. The van der Waals surface area contributed by atoms with Gasteiger partial charge in [0.2, 0.25) is 5.95 Å². The first kappa shape index (κ1) is 15.5. The molecule has 1 aromatic carbocycles. The van der Waals surface area contributed by atoms with Crippen LogP contribution in [0.5, 0.6) is 0 Å². The van der Waals surface area contributed by atoms with Crippen molar-refractivity contribution in [2.24, 2.45) is 0 Å². The molecule has 3 aromatic rings. The smallest absolute Gasteiger partial charge is 0.247 e. The van der Waals surface area contributed by atoms with E-state index in [1.54, 1.807) is 6.20 Å². The number of rotatable bonds is 5. The second-order valence-corrected chi connectivity index (χ2v) is 6.17. The van der Waals surface area contributed by atoms with Crippen molar-refractivity contribution in [2.45, 2.75) is 12.8 Å². The van der Waals surface area contributed by atoms with Gasteiger partial charge in [-0.3, -0.25) is 4.98 Å². The van der Waals surface area contributed by atoms with Gasteiger partial charge in [0.1, 0.15) is 0 Å². The molecule has 0 fully saturated rings. The first-order valence-electron chi connectivity index (χ1n) is 8.46. The molecule has 0 saturated carbocycles. The van der Waals surface area contributed by atoms with E-state index in [0.717, 1.165) is 31.7 Å². The summed E-state index contributed by atoms with van der Waals surface area (Å²) in [7, 11) is 2.00. The summed E-state index contributed by atoms with van der Waals surface area (Å²) in [6, 6.07) is 12.5. The molecule has 0 unspecified atom stereocenters. The van der Waals surface area contributed by atoms with Crippen molar-refractivity contribution < 1.29 is 0 Å². The molecule has 0 bridgehead atoms. The van der Waals surface area contributed by atoms with Crippen molar-refractivity contribution in [2.75, 3.05) is 29.9 Å². The van der Waals surface area contributed by atoms with E-state index in [2.05, 4.69) is 44.3 Å². The van der Waals surface area contributed by atoms with E-state index in [4.69, 9.17) is 4.98 Å². The molecule has 1 aliphatic rings. The summed E-state index contributed by atoms with van der Waals surface area (Å²) in [5.74, 6) is 1.50. The van der Waals surface area contributed by atoms with Gasteiger partial charge in [-0.1, -0.05) is 18.2 Å². The van der Waals surface area contributed by atoms with Gasteiger partial charge >= 0.3 is 0 Å². The van der Waals surface area contributed by atoms with Gasteiger partial charge < -0.3 is 9.80 Å². The van der Waals surface area contributed by atoms with Gasteiger partial charge in [-0.25, -0.2) is 0 Å². The maximum Gasteiger partial charge on any atom is 0.247 e. The summed E-state index contributed by atoms with van der Waals surface area (Å²) in [6.07, 6.45) is 7.33. The van der Waals surface area contributed by atoms with Crippen LogP contribution < -0.4 is 9.80 Å². The third-order valence-corrected chi connectivity index (χ3v) is 4.53. The van der Waals surface area contributed by atoms with Crippen molar-refractivity contribution in [3.63, 3.8) is 0 Å². The summed E-state index contributed by atoms with van der Waals surface area (Å²) < 4.78 is 0. The number of fused-ring (bicyclic) bond motifs is 1. The molecule has 0 amide bonds. The first-order chi connectivity index (χ1) is 12.3. The Morgan fingerprint density at radius 2 is 1.96 bits per heavy atom. The second kappa shape index (κ2) is 6.84. The predicted octanol–water partition coefficient (Wildman–Crippen LogP) is 2.64. The molecular formula is C19H20N6.